The van der Waals surface area contributed by atoms with Crippen molar-refractivity contribution >= 4 is 0 Å². The van der Waals surface area contributed by atoms with Crippen LogP contribution in [0.15, 0.2) is 60.7 Å². The molecule has 4 heteroatoms. The second-order valence-electron chi connectivity index (χ2n) is 3.53. The average Bonchev–Trinajstić information content (AvgIpc) is 2.38. The highest BCUT2D eigenvalue weighted by Crippen LogP contribution is 2.25. The van der Waals surface area contributed by atoms with Crippen LogP contribution in [0, 0.1) is 10.1 Å². The molecule has 2 aromatic rings. The second-order valence-corrected chi connectivity index (χ2v) is 3.53. The number of hydrogen-bond donors (Lipinski definition) is 0. The van der Waals surface area contributed by atoms with Crippen LogP contribution in [0.5, 0.6) is 0 Å². The fourth-order valence-electron chi connectivity index (χ4n) is 1.66. The van der Waals surface area contributed by atoms with E-state index in [4.69, 9.17) is 4.84 Å². The van der Waals surface area contributed by atoms with Crippen molar-refractivity contribution in [3.8, 4) is 0 Å². The molecule has 0 bridgehead atoms. The van der Waals surface area contributed by atoms with E-state index in [-0.39, 0.29) is 0 Å². The highest BCUT2D eigenvalue weighted by Gasteiger charge is 2.17. The predicted molar refractivity (Wildman–Crippen MR) is 62.8 cm³/mol. The first-order valence-corrected chi connectivity index (χ1v) is 5.18. The third kappa shape index (κ3) is 2.81. The largest absolute Gasteiger partial charge is 0.301 e. The van der Waals surface area contributed by atoms with E-state index in [1.165, 1.54) is 0 Å². The first kappa shape index (κ1) is 11.1. The predicted octanol–water partition coefficient (Wildman–Crippen LogP) is 2.98. The van der Waals surface area contributed by atoms with E-state index in [0.29, 0.717) is 0 Å². The third-order valence-corrected chi connectivity index (χ3v) is 2.40. The summed E-state index contributed by atoms with van der Waals surface area (Å²) in [5.41, 5.74) is 1.52. The van der Waals surface area contributed by atoms with Gasteiger partial charge in [-0.15, -0.1) is 10.1 Å². The molecule has 0 N–H and O–H groups in total. The molecule has 0 radical (unpaired) electrons. The Morgan fingerprint density at radius 2 is 1.29 bits per heavy atom. The van der Waals surface area contributed by atoms with Gasteiger partial charge in [0.05, 0.1) is 0 Å². The Balaban J connectivity index is 2.36. The minimum atomic E-state index is -0.759. The van der Waals surface area contributed by atoms with E-state index in [9.17, 15) is 10.1 Å². The van der Waals surface area contributed by atoms with Crippen molar-refractivity contribution in [3.63, 3.8) is 0 Å². The van der Waals surface area contributed by atoms with Crippen LogP contribution in [0.2, 0.25) is 0 Å². The first-order chi connectivity index (χ1) is 8.27. The van der Waals surface area contributed by atoms with Gasteiger partial charge < -0.3 is 4.84 Å². The summed E-state index contributed by atoms with van der Waals surface area (Å²) >= 11 is 0. The quantitative estimate of drug-likeness (QED) is 0.598. The van der Waals surface area contributed by atoms with Crippen LogP contribution in [0.25, 0.3) is 0 Å². The molecule has 0 amide bonds. The van der Waals surface area contributed by atoms with Crippen molar-refractivity contribution in [1.29, 1.82) is 0 Å². The first-order valence-electron chi connectivity index (χ1n) is 5.18. The summed E-state index contributed by atoms with van der Waals surface area (Å²) in [5, 5.41) is 9.78. The van der Waals surface area contributed by atoms with Crippen molar-refractivity contribution in [1.82, 2.24) is 0 Å². The molecule has 0 atom stereocenters. The van der Waals surface area contributed by atoms with E-state index in [1.807, 2.05) is 36.4 Å². The van der Waals surface area contributed by atoms with E-state index < -0.39 is 11.2 Å². The molecule has 4 nitrogen and oxygen atoms in total. The lowest BCUT2D eigenvalue weighted by atomic mass is 10.0. The zero-order valence-corrected chi connectivity index (χ0v) is 9.02. The molecule has 86 valence electrons. The summed E-state index contributed by atoms with van der Waals surface area (Å²) < 4.78 is 0. The molecule has 0 spiro atoms. The Morgan fingerprint density at radius 1 is 0.882 bits per heavy atom. The molecule has 0 saturated carbocycles. The van der Waals surface area contributed by atoms with Crippen molar-refractivity contribution < 1.29 is 9.92 Å². The molecule has 0 aliphatic rings. The van der Waals surface area contributed by atoms with Gasteiger partial charge in [-0.2, -0.15) is 0 Å². The van der Waals surface area contributed by atoms with Gasteiger partial charge in [0.15, 0.2) is 6.10 Å². The maximum Gasteiger partial charge on any atom is 0.295 e. The SMILES string of the molecule is O=[N+]([O-])OC(c1ccccc1)c1ccccc1. The Bertz CT molecular complexity index is 445. The second kappa shape index (κ2) is 5.12. The van der Waals surface area contributed by atoms with Gasteiger partial charge in [-0.25, -0.2) is 0 Å². The summed E-state index contributed by atoms with van der Waals surface area (Å²) in [6, 6.07) is 18.3. The van der Waals surface area contributed by atoms with E-state index in [2.05, 4.69) is 0 Å². The molecule has 17 heavy (non-hydrogen) atoms. The standard InChI is InChI=1S/C13H11NO3/c15-14(16)17-13(11-7-3-1-4-8-11)12-9-5-2-6-10-12/h1-10,13H. The smallest absolute Gasteiger partial charge is 0.295 e. The molecular weight excluding hydrogens is 218 g/mol. The lowest BCUT2D eigenvalue weighted by Gasteiger charge is -2.15. The summed E-state index contributed by atoms with van der Waals surface area (Å²) in [7, 11) is 0. The molecular formula is C13H11NO3. The van der Waals surface area contributed by atoms with E-state index in [1.54, 1.807) is 24.3 Å². The minimum Gasteiger partial charge on any atom is -0.301 e. The lowest BCUT2D eigenvalue weighted by molar-refractivity contribution is -0.768. The van der Waals surface area contributed by atoms with Crippen molar-refractivity contribution in [3.05, 3.63) is 81.9 Å². The highest BCUT2D eigenvalue weighted by molar-refractivity contribution is 5.29. The summed E-state index contributed by atoms with van der Waals surface area (Å²) in [6.45, 7) is 0. The lowest BCUT2D eigenvalue weighted by Crippen LogP contribution is -2.10. The molecule has 0 aliphatic heterocycles. The number of nitrogens with zero attached hydrogens (tertiary/aromatic N) is 1. The summed E-state index contributed by atoms with van der Waals surface area (Å²) in [6.07, 6.45) is -0.674. The van der Waals surface area contributed by atoms with E-state index >= 15 is 0 Å². The Kier molecular flexibility index (Phi) is 3.35. The Hall–Kier alpha value is -2.36. The number of hydrogen-bond acceptors (Lipinski definition) is 3. The molecule has 2 aromatic carbocycles. The summed E-state index contributed by atoms with van der Waals surface area (Å²) in [4.78, 5) is 15.3. The Morgan fingerprint density at radius 3 is 1.65 bits per heavy atom. The van der Waals surface area contributed by atoms with Crippen LogP contribution in [-0.4, -0.2) is 5.09 Å². The monoisotopic (exact) mass is 229 g/mol. The molecule has 0 unspecified atom stereocenters. The number of rotatable bonds is 4. The van der Waals surface area contributed by atoms with Gasteiger partial charge in [0.25, 0.3) is 5.09 Å². The van der Waals surface area contributed by atoms with Crippen LogP contribution in [0.4, 0.5) is 0 Å². The van der Waals surface area contributed by atoms with Gasteiger partial charge in [-0.1, -0.05) is 60.7 Å². The van der Waals surface area contributed by atoms with Gasteiger partial charge >= 0.3 is 0 Å². The molecule has 0 aliphatic carbocycles. The fourth-order valence-corrected chi connectivity index (χ4v) is 1.66. The maximum absolute atomic E-state index is 10.5. The third-order valence-electron chi connectivity index (χ3n) is 2.40. The van der Waals surface area contributed by atoms with Crippen LogP contribution < -0.4 is 0 Å². The molecule has 0 fully saturated rings. The maximum atomic E-state index is 10.5. The molecule has 0 heterocycles. The fraction of sp³-hybridized carbons (Fsp3) is 0.0769. The van der Waals surface area contributed by atoms with Gasteiger partial charge in [0, 0.05) is 0 Å². The summed E-state index contributed by atoms with van der Waals surface area (Å²) in [5.74, 6) is 0. The van der Waals surface area contributed by atoms with Crippen molar-refractivity contribution in [2.75, 3.05) is 0 Å². The van der Waals surface area contributed by atoms with Crippen LogP contribution in [0.3, 0.4) is 0 Å². The van der Waals surface area contributed by atoms with Gasteiger partial charge in [0.2, 0.25) is 0 Å². The molecule has 0 aromatic heterocycles. The Labute approximate surface area is 98.6 Å². The minimum absolute atomic E-state index is 0.674. The van der Waals surface area contributed by atoms with E-state index in [0.717, 1.165) is 11.1 Å². The van der Waals surface area contributed by atoms with Gasteiger partial charge in [-0.3, -0.25) is 0 Å². The zero-order chi connectivity index (χ0) is 12.1. The highest BCUT2D eigenvalue weighted by atomic mass is 17.0. The van der Waals surface area contributed by atoms with Gasteiger partial charge in [-0.05, 0) is 11.1 Å². The van der Waals surface area contributed by atoms with Gasteiger partial charge in [0.1, 0.15) is 0 Å². The van der Waals surface area contributed by atoms with Crippen LogP contribution in [0.1, 0.15) is 17.2 Å². The van der Waals surface area contributed by atoms with Crippen molar-refractivity contribution in [2.24, 2.45) is 0 Å². The molecule has 0 saturated heterocycles. The van der Waals surface area contributed by atoms with Crippen molar-refractivity contribution in [2.45, 2.75) is 6.10 Å². The average molecular weight is 229 g/mol. The zero-order valence-electron chi connectivity index (χ0n) is 9.02. The van der Waals surface area contributed by atoms with Crippen LogP contribution in [-0.2, 0) is 4.84 Å². The molecule has 2 rings (SSSR count). The number of benzene rings is 2. The van der Waals surface area contributed by atoms with Crippen LogP contribution >= 0.6 is 0 Å². The normalized spacial score (nSPS) is 10.2. The topological polar surface area (TPSA) is 52.4 Å².